The van der Waals surface area contributed by atoms with E-state index < -0.39 is 0 Å². The fourth-order valence-electron chi connectivity index (χ4n) is 5.62. The molecule has 1 aliphatic heterocycles. The number of nitriles is 1. The van der Waals surface area contributed by atoms with E-state index in [1.54, 1.807) is 24.3 Å². The molecule has 3 aliphatic carbocycles. The molecule has 1 saturated heterocycles. The highest BCUT2D eigenvalue weighted by atomic mass is 16.2. The average molecular weight is 376 g/mol. The van der Waals surface area contributed by atoms with Gasteiger partial charge in [-0.1, -0.05) is 48.5 Å². The predicted molar refractivity (Wildman–Crippen MR) is 107 cm³/mol. The van der Waals surface area contributed by atoms with Crippen molar-refractivity contribution in [2.24, 2.45) is 11.8 Å². The Labute approximate surface area is 168 Å². The molecule has 2 bridgehead atoms. The minimum absolute atomic E-state index is 0.0998. The normalized spacial score (nSPS) is 26.0. The number of imide groups is 1. The molecule has 0 radical (unpaired) electrons. The van der Waals surface area contributed by atoms with Crippen LogP contribution in [-0.4, -0.2) is 11.8 Å². The number of carbonyl (C=O) groups is 2. The Morgan fingerprint density at radius 1 is 0.655 bits per heavy atom. The Balaban J connectivity index is 1.54. The summed E-state index contributed by atoms with van der Waals surface area (Å²) >= 11 is 0. The summed E-state index contributed by atoms with van der Waals surface area (Å²) in [6.45, 7) is 0. The second-order valence-electron chi connectivity index (χ2n) is 7.94. The first-order valence-electron chi connectivity index (χ1n) is 9.76. The van der Waals surface area contributed by atoms with Gasteiger partial charge in [-0.15, -0.1) is 0 Å². The third kappa shape index (κ3) is 1.97. The SMILES string of the molecule is N#Cc1ccc(N2C(=O)[C@@H]3C4c5ccccc5C(c5ccccc54)[C@H]3C2=O)cc1. The average Bonchev–Trinajstić information content (AvgIpc) is 3.04. The molecule has 138 valence electrons. The standard InChI is InChI=1S/C25H16N2O2/c26-13-14-9-11-15(12-10-14)27-24(28)22-20-16-5-1-2-6-17(16)21(23(22)25(27)29)19-8-4-3-7-18(19)20/h1-12,20-23H/t20?,21?,22-,23-/m1/s1. The van der Waals surface area contributed by atoms with Crippen molar-refractivity contribution in [2.45, 2.75) is 11.8 Å². The van der Waals surface area contributed by atoms with Crippen molar-refractivity contribution in [3.05, 3.63) is 101 Å². The van der Waals surface area contributed by atoms with E-state index >= 15 is 0 Å². The number of hydrogen-bond donors (Lipinski definition) is 0. The van der Waals surface area contributed by atoms with Gasteiger partial charge in [-0.2, -0.15) is 5.26 Å². The molecule has 0 spiro atoms. The summed E-state index contributed by atoms with van der Waals surface area (Å²) in [6.07, 6.45) is 0. The van der Waals surface area contributed by atoms with Crippen LogP contribution in [0.1, 0.15) is 39.7 Å². The van der Waals surface area contributed by atoms with Crippen LogP contribution in [0.2, 0.25) is 0 Å². The van der Waals surface area contributed by atoms with Crippen LogP contribution in [0.25, 0.3) is 0 Å². The highest BCUT2D eigenvalue weighted by molar-refractivity contribution is 6.23. The fourth-order valence-corrected chi connectivity index (χ4v) is 5.62. The topological polar surface area (TPSA) is 61.2 Å². The minimum Gasteiger partial charge on any atom is -0.274 e. The molecule has 2 atom stereocenters. The third-order valence-corrected chi connectivity index (χ3v) is 6.70. The third-order valence-electron chi connectivity index (χ3n) is 6.70. The van der Waals surface area contributed by atoms with Crippen LogP contribution in [0.3, 0.4) is 0 Å². The van der Waals surface area contributed by atoms with Gasteiger partial charge in [0.15, 0.2) is 0 Å². The van der Waals surface area contributed by atoms with Gasteiger partial charge in [0.25, 0.3) is 0 Å². The van der Waals surface area contributed by atoms with E-state index in [-0.39, 0.29) is 35.5 Å². The lowest BCUT2D eigenvalue weighted by Gasteiger charge is -2.45. The zero-order valence-corrected chi connectivity index (χ0v) is 15.4. The van der Waals surface area contributed by atoms with Crippen molar-refractivity contribution in [3.63, 3.8) is 0 Å². The highest BCUT2D eigenvalue weighted by Crippen LogP contribution is 2.61. The van der Waals surface area contributed by atoms with Gasteiger partial charge in [-0.05, 0) is 46.5 Å². The molecule has 0 saturated carbocycles. The first kappa shape index (κ1) is 16.3. The van der Waals surface area contributed by atoms with Gasteiger partial charge in [0.1, 0.15) is 0 Å². The number of carbonyl (C=O) groups excluding carboxylic acids is 2. The van der Waals surface area contributed by atoms with E-state index in [1.165, 1.54) is 27.2 Å². The Morgan fingerprint density at radius 2 is 1.07 bits per heavy atom. The van der Waals surface area contributed by atoms with Crippen molar-refractivity contribution in [3.8, 4) is 6.07 Å². The van der Waals surface area contributed by atoms with Crippen molar-refractivity contribution >= 4 is 17.5 Å². The molecule has 1 fully saturated rings. The summed E-state index contributed by atoms with van der Waals surface area (Å²) in [4.78, 5) is 28.5. The molecule has 4 nitrogen and oxygen atoms in total. The zero-order valence-electron chi connectivity index (χ0n) is 15.4. The summed E-state index contributed by atoms with van der Waals surface area (Å²) < 4.78 is 0. The first-order valence-corrected chi connectivity index (χ1v) is 9.76. The minimum atomic E-state index is -0.382. The van der Waals surface area contributed by atoms with Crippen molar-refractivity contribution in [2.75, 3.05) is 4.90 Å². The molecular formula is C25H16N2O2. The molecule has 0 unspecified atom stereocenters. The van der Waals surface area contributed by atoms with E-state index in [0.717, 1.165) is 0 Å². The Morgan fingerprint density at radius 3 is 1.45 bits per heavy atom. The van der Waals surface area contributed by atoms with Crippen LogP contribution >= 0.6 is 0 Å². The van der Waals surface area contributed by atoms with E-state index in [2.05, 4.69) is 30.3 Å². The maximum absolute atomic E-state index is 13.6. The van der Waals surface area contributed by atoms with E-state index in [9.17, 15) is 9.59 Å². The fraction of sp³-hybridized carbons (Fsp3) is 0.160. The number of rotatable bonds is 1. The first-order chi connectivity index (χ1) is 14.2. The van der Waals surface area contributed by atoms with Crippen LogP contribution in [0.5, 0.6) is 0 Å². The molecule has 0 N–H and O–H groups in total. The molecular weight excluding hydrogens is 360 g/mol. The lowest BCUT2D eigenvalue weighted by Crippen LogP contribution is -2.41. The molecule has 2 amide bonds. The summed E-state index contributed by atoms with van der Waals surface area (Å²) in [6, 6.07) is 25.2. The molecule has 1 heterocycles. The van der Waals surface area contributed by atoms with Crippen molar-refractivity contribution in [1.82, 2.24) is 0 Å². The van der Waals surface area contributed by atoms with E-state index in [0.29, 0.717) is 11.3 Å². The van der Waals surface area contributed by atoms with Crippen LogP contribution in [0.15, 0.2) is 72.8 Å². The van der Waals surface area contributed by atoms with E-state index in [4.69, 9.17) is 5.26 Å². The largest absolute Gasteiger partial charge is 0.274 e. The molecule has 29 heavy (non-hydrogen) atoms. The Bertz CT molecular complexity index is 1120. The zero-order chi connectivity index (χ0) is 19.7. The number of amides is 2. The van der Waals surface area contributed by atoms with Gasteiger partial charge in [0, 0.05) is 11.8 Å². The lowest BCUT2D eigenvalue weighted by molar-refractivity contribution is -0.122. The molecule has 4 aliphatic rings. The van der Waals surface area contributed by atoms with Gasteiger partial charge in [0.2, 0.25) is 11.8 Å². The number of hydrogen-bond acceptors (Lipinski definition) is 3. The van der Waals surface area contributed by atoms with Gasteiger partial charge < -0.3 is 0 Å². The van der Waals surface area contributed by atoms with Crippen LogP contribution in [0.4, 0.5) is 5.69 Å². The number of nitrogens with zero attached hydrogens (tertiary/aromatic N) is 2. The summed E-state index contributed by atoms with van der Waals surface area (Å²) in [7, 11) is 0. The van der Waals surface area contributed by atoms with Gasteiger partial charge in [-0.3, -0.25) is 9.59 Å². The molecule has 4 heteroatoms. The monoisotopic (exact) mass is 376 g/mol. The number of benzene rings is 3. The molecule has 7 rings (SSSR count). The summed E-state index contributed by atoms with van der Waals surface area (Å²) in [5, 5.41) is 9.05. The van der Waals surface area contributed by atoms with Crippen molar-refractivity contribution in [1.29, 1.82) is 5.26 Å². The van der Waals surface area contributed by atoms with Crippen LogP contribution < -0.4 is 4.90 Å². The Kier molecular flexibility index (Phi) is 3.17. The highest BCUT2D eigenvalue weighted by Gasteiger charge is 2.61. The summed E-state index contributed by atoms with van der Waals surface area (Å²) in [5.74, 6) is -1.23. The second-order valence-corrected chi connectivity index (χ2v) is 7.94. The molecule has 3 aromatic carbocycles. The molecule has 0 aromatic heterocycles. The van der Waals surface area contributed by atoms with Gasteiger partial charge >= 0.3 is 0 Å². The maximum Gasteiger partial charge on any atom is 0.238 e. The summed E-state index contributed by atoms with van der Waals surface area (Å²) in [5.41, 5.74) is 5.71. The van der Waals surface area contributed by atoms with E-state index in [1.807, 2.05) is 24.3 Å². The smallest absolute Gasteiger partial charge is 0.238 e. The van der Waals surface area contributed by atoms with Crippen LogP contribution in [-0.2, 0) is 9.59 Å². The number of anilines is 1. The van der Waals surface area contributed by atoms with Gasteiger partial charge in [0.05, 0.1) is 29.2 Å². The van der Waals surface area contributed by atoms with Gasteiger partial charge in [-0.25, -0.2) is 4.90 Å². The molecule has 3 aromatic rings. The Hall–Kier alpha value is -3.71. The maximum atomic E-state index is 13.6. The second kappa shape index (κ2) is 5.65. The van der Waals surface area contributed by atoms with Crippen molar-refractivity contribution < 1.29 is 9.59 Å². The van der Waals surface area contributed by atoms with Crippen LogP contribution in [0, 0.1) is 23.2 Å². The predicted octanol–water partition coefficient (Wildman–Crippen LogP) is 3.95. The quantitative estimate of drug-likeness (QED) is 0.604. The lowest BCUT2D eigenvalue weighted by atomic mass is 9.55.